The average molecular weight is 212 g/mol. The summed E-state index contributed by atoms with van der Waals surface area (Å²) in [6.45, 7) is 4.46. The van der Waals surface area contributed by atoms with E-state index in [0.29, 0.717) is 6.54 Å². The number of nitrogens with one attached hydrogen (secondary N) is 2. The smallest absolute Gasteiger partial charge is 0.234 e. The van der Waals surface area contributed by atoms with E-state index in [9.17, 15) is 9.90 Å². The van der Waals surface area contributed by atoms with Gasteiger partial charge in [0.2, 0.25) is 5.91 Å². The molecule has 4 nitrogen and oxygen atoms in total. The van der Waals surface area contributed by atoms with Crippen molar-refractivity contribution in [2.45, 2.75) is 37.8 Å². The summed E-state index contributed by atoms with van der Waals surface area (Å²) >= 11 is 0. The van der Waals surface area contributed by atoms with Gasteiger partial charge < -0.3 is 15.7 Å². The first kappa shape index (κ1) is 12.2. The molecule has 0 unspecified atom stereocenters. The zero-order chi connectivity index (χ0) is 11.1. The second-order valence-electron chi connectivity index (χ2n) is 3.95. The Labute approximate surface area is 90.7 Å². The van der Waals surface area contributed by atoms with Gasteiger partial charge in [-0.05, 0) is 12.8 Å². The Bertz CT molecular complexity index is 219. The summed E-state index contributed by atoms with van der Waals surface area (Å²) < 4.78 is 0. The van der Waals surface area contributed by atoms with Gasteiger partial charge in [0.1, 0.15) is 0 Å². The molecule has 1 rings (SSSR count). The molecule has 1 amide bonds. The molecule has 1 fully saturated rings. The Morgan fingerprint density at radius 1 is 1.47 bits per heavy atom. The Morgan fingerprint density at radius 3 is 2.87 bits per heavy atom. The fourth-order valence-corrected chi connectivity index (χ4v) is 1.83. The first-order valence-corrected chi connectivity index (χ1v) is 5.53. The predicted molar refractivity (Wildman–Crippen MR) is 59.5 cm³/mol. The Morgan fingerprint density at radius 2 is 2.20 bits per heavy atom. The van der Waals surface area contributed by atoms with Crippen LogP contribution in [0, 0.1) is 0 Å². The molecule has 86 valence electrons. The molecule has 1 aliphatic rings. The highest BCUT2D eigenvalue weighted by Crippen LogP contribution is 2.17. The predicted octanol–water partition coefficient (Wildman–Crippen LogP) is 0.182. The number of hydrogen-bond donors (Lipinski definition) is 3. The molecule has 3 N–H and O–H groups in total. The number of carbonyl (C=O) groups is 1. The molecule has 0 heterocycles. The third kappa shape index (κ3) is 4.44. The van der Waals surface area contributed by atoms with Crippen LogP contribution in [0.2, 0.25) is 0 Å². The van der Waals surface area contributed by atoms with Crippen LogP contribution >= 0.6 is 0 Å². The van der Waals surface area contributed by atoms with E-state index >= 15 is 0 Å². The molecule has 0 aromatic heterocycles. The van der Waals surface area contributed by atoms with Crippen molar-refractivity contribution in [3.8, 4) is 0 Å². The van der Waals surface area contributed by atoms with Crippen molar-refractivity contribution in [2.75, 3.05) is 13.1 Å². The van der Waals surface area contributed by atoms with E-state index in [4.69, 9.17) is 0 Å². The van der Waals surface area contributed by atoms with Gasteiger partial charge >= 0.3 is 0 Å². The van der Waals surface area contributed by atoms with Crippen molar-refractivity contribution in [1.29, 1.82) is 0 Å². The quantitative estimate of drug-likeness (QED) is 0.450. The lowest BCUT2D eigenvalue weighted by Crippen LogP contribution is -2.47. The number of rotatable bonds is 5. The van der Waals surface area contributed by atoms with E-state index in [0.717, 1.165) is 25.7 Å². The van der Waals surface area contributed by atoms with Crippen LogP contribution in [-0.4, -0.2) is 36.2 Å². The van der Waals surface area contributed by atoms with Gasteiger partial charge in [0.05, 0.1) is 18.7 Å². The van der Waals surface area contributed by atoms with E-state index in [1.165, 1.54) is 0 Å². The molecular weight excluding hydrogens is 192 g/mol. The number of aliphatic hydroxyl groups is 1. The highest BCUT2D eigenvalue weighted by molar-refractivity contribution is 5.78. The summed E-state index contributed by atoms with van der Waals surface area (Å²) in [5, 5.41) is 15.4. The molecule has 1 aliphatic carbocycles. The van der Waals surface area contributed by atoms with Crippen molar-refractivity contribution in [3.05, 3.63) is 12.7 Å². The molecule has 0 spiro atoms. The molecule has 2 atom stereocenters. The van der Waals surface area contributed by atoms with Gasteiger partial charge in [0, 0.05) is 6.54 Å². The second kappa shape index (κ2) is 6.58. The van der Waals surface area contributed by atoms with Gasteiger partial charge in [-0.25, -0.2) is 0 Å². The van der Waals surface area contributed by atoms with Crippen LogP contribution < -0.4 is 10.6 Å². The fraction of sp³-hybridized carbons (Fsp3) is 0.727. The topological polar surface area (TPSA) is 61.4 Å². The molecule has 0 saturated heterocycles. The second-order valence-corrected chi connectivity index (χ2v) is 3.95. The molecule has 0 aromatic rings. The van der Waals surface area contributed by atoms with Crippen LogP contribution in [0.15, 0.2) is 12.7 Å². The lowest BCUT2D eigenvalue weighted by Gasteiger charge is -2.28. The van der Waals surface area contributed by atoms with E-state index < -0.39 is 0 Å². The summed E-state index contributed by atoms with van der Waals surface area (Å²) in [4.78, 5) is 11.4. The monoisotopic (exact) mass is 212 g/mol. The Kier molecular flexibility index (Phi) is 5.36. The maximum atomic E-state index is 11.4. The number of amides is 1. The standard InChI is InChI=1S/C11H20N2O2/c1-2-7-12-8-11(15)13-9-5-3-4-6-10(9)14/h2,9-10,12,14H,1,3-8H2,(H,13,15)/t9-,10-/m1/s1. The minimum absolute atomic E-state index is 0.0530. The summed E-state index contributed by atoms with van der Waals surface area (Å²) in [6.07, 6.45) is 5.16. The van der Waals surface area contributed by atoms with Crippen LogP contribution in [0.25, 0.3) is 0 Å². The van der Waals surface area contributed by atoms with E-state index in [1.807, 2.05) is 0 Å². The highest BCUT2D eigenvalue weighted by Gasteiger charge is 2.23. The largest absolute Gasteiger partial charge is 0.391 e. The van der Waals surface area contributed by atoms with E-state index in [2.05, 4.69) is 17.2 Å². The molecule has 0 aromatic carbocycles. The Hall–Kier alpha value is -0.870. The minimum Gasteiger partial charge on any atom is -0.391 e. The summed E-state index contributed by atoms with van der Waals surface area (Å²) in [6, 6.07) is -0.0585. The average Bonchev–Trinajstić information content (AvgIpc) is 2.22. The number of carbonyl (C=O) groups excluding carboxylic acids is 1. The third-order valence-electron chi connectivity index (χ3n) is 2.65. The van der Waals surface area contributed by atoms with Crippen molar-refractivity contribution < 1.29 is 9.90 Å². The van der Waals surface area contributed by atoms with Crippen LogP contribution in [0.5, 0.6) is 0 Å². The molecule has 15 heavy (non-hydrogen) atoms. The Balaban J connectivity index is 2.20. The zero-order valence-electron chi connectivity index (χ0n) is 9.04. The summed E-state index contributed by atoms with van der Waals surface area (Å²) in [5.41, 5.74) is 0. The zero-order valence-corrected chi connectivity index (χ0v) is 9.04. The van der Waals surface area contributed by atoms with Crippen LogP contribution in [-0.2, 0) is 4.79 Å². The normalized spacial score (nSPS) is 25.9. The molecule has 0 aliphatic heterocycles. The summed E-state index contributed by atoms with van der Waals surface area (Å²) in [5.74, 6) is -0.0530. The highest BCUT2D eigenvalue weighted by atomic mass is 16.3. The SMILES string of the molecule is C=CCNCC(=O)N[C@@H]1CCCC[C@H]1O. The van der Waals surface area contributed by atoms with Gasteiger partial charge in [-0.15, -0.1) is 6.58 Å². The maximum Gasteiger partial charge on any atom is 0.234 e. The van der Waals surface area contributed by atoms with Crippen molar-refractivity contribution in [1.82, 2.24) is 10.6 Å². The number of aliphatic hydroxyl groups excluding tert-OH is 1. The van der Waals surface area contributed by atoms with Crippen LogP contribution in [0.4, 0.5) is 0 Å². The molecule has 4 heteroatoms. The molecule has 0 radical (unpaired) electrons. The van der Waals surface area contributed by atoms with E-state index in [1.54, 1.807) is 6.08 Å². The van der Waals surface area contributed by atoms with Crippen LogP contribution in [0.3, 0.4) is 0 Å². The lowest BCUT2D eigenvalue weighted by molar-refractivity contribution is -0.122. The third-order valence-corrected chi connectivity index (χ3v) is 2.65. The molecular formula is C11H20N2O2. The molecule has 0 bridgehead atoms. The van der Waals surface area contributed by atoms with Crippen molar-refractivity contribution in [2.24, 2.45) is 0 Å². The lowest BCUT2D eigenvalue weighted by atomic mass is 9.92. The summed E-state index contributed by atoms with van der Waals surface area (Å²) in [7, 11) is 0. The van der Waals surface area contributed by atoms with Crippen molar-refractivity contribution >= 4 is 5.91 Å². The minimum atomic E-state index is -0.373. The number of hydrogen-bond acceptors (Lipinski definition) is 3. The fourth-order valence-electron chi connectivity index (χ4n) is 1.83. The maximum absolute atomic E-state index is 11.4. The first-order valence-electron chi connectivity index (χ1n) is 5.53. The van der Waals surface area contributed by atoms with Crippen LogP contribution in [0.1, 0.15) is 25.7 Å². The van der Waals surface area contributed by atoms with Gasteiger partial charge in [-0.2, -0.15) is 0 Å². The molecule has 1 saturated carbocycles. The van der Waals surface area contributed by atoms with Gasteiger partial charge in [-0.1, -0.05) is 18.9 Å². The van der Waals surface area contributed by atoms with E-state index in [-0.39, 0.29) is 24.6 Å². The first-order chi connectivity index (χ1) is 7.24. The van der Waals surface area contributed by atoms with Gasteiger partial charge in [0.25, 0.3) is 0 Å². The van der Waals surface area contributed by atoms with Gasteiger partial charge in [0.15, 0.2) is 0 Å². The van der Waals surface area contributed by atoms with Crippen molar-refractivity contribution in [3.63, 3.8) is 0 Å². The van der Waals surface area contributed by atoms with Gasteiger partial charge in [-0.3, -0.25) is 4.79 Å².